The fourth-order valence-electron chi connectivity index (χ4n) is 2.19. The van der Waals surface area contributed by atoms with Crippen LogP contribution in [0.1, 0.15) is 35.8 Å². The minimum atomic E-state index is -1.65. The molecule has 0 aliphatic carbocycles. The molecule has 0 aromatic heterocycles. The molecule has 0 fully saturated rings. The Bertz CT molecular complexity index is 535. The second-order valence-corrected chi connectivity index (χ2v) is 4.78. The second kappa shape index (κ2) is 5.87. The quantitative estimate of drug-likeness (QED) is 0.739. The van der Waals surface area contributed by atoms with E-state index >= 15 is 0 Å². The third kappa shape index (κ3) is 3.34. The molecule has 0 radical (unpaired) electrons. The van der Waals surface area contributed by atoms with Gasteiger partial charge in [-0.1, -0.05) is 43.3 Å². The third-order valence-electron chi connectivity index (χ3n) is 3.28. The van der Waals surface area contributed by atoms with Gasteiger partial charge in [0.15, 0.2) is 6.29 Å². The maximum absolute atomic E-state index is 9.54. The van der Waals surface area contributed by atoms with E-state index in [-0.39, 0.29) is 11.3 Å². The molecule has 3 N–H and O–H groups in total. The molecule has 0 saturated carbocycles. The summed E-state index contributed by atoms with van der Waals surface area (Å²) in [4.78, 5) is 0. The average molecular weight is 258 g/mol. The van der Waals surface area contributed by atoms with Crippen LogP contribution in [-0.4, -0.2) is 15.3 Å². The van der Waals surface area contributed by atoms with Crippen LogP contribution in [0.2, 0.25) is 0 Å². The molecule has 19 heavy (non-hydrogen) atoms. The van der Waals surface area contributed by atoms with Gasteiger partial charge in [-0.2, -0.15) is 0 Å². The van der Waals surface area contributed by atoms with Gasteiger partial charge in [0.1, 0.15) is 5.75 Å². The summed E-state index contributed by atoms with van der Waals surface area (Å²) in [6, 6.07) is 15.1. The molecule has 0 amide bonds. The van der Waals surface area contributed by atoms with Crippen LogP contribution in [0.15, 0.2) is 48.5 Å². The highest BCUT2D eigenvalue weighted by atomic mass is 16.5. The van der Waals surface area contributed by atoms with Crippen molar-refractivity contribution in [3.8, 4) is 5.75 Å². The van der Waals surface area contributed by atoms with Crippen LogP contribution >= 0.6 is 0 Å². The highest BCUT2D eigenvalue weighted by Gasteiger charge is 2.12. The highest BCUT2D eigenvalue weighted by molar-refractivity contribution is 5.37. The van der Waals surface area contributed by atoms with Gasteiger partial charge in [-0.15, -0.1) is 0 Å². The van der Waals surface area contributed by atoms with Crippen LogP contribution in [-0.2, 0) is 6.42 Å². The minimum absolute atomic E-state index is 0.0916. The standard InChI is InChI=1S/C16H18O3/c1-11(13-5-3-2-4-6-13)9-12-7-8-15(17)14(10-12)16(18)19/h2-8,10-11,16-19H,9H2,1H3. The minimum Gasteiger partial charge on any atom is -0.507 e. The Hall–Kier alpha value is -1.84. The zero-order chi connectivity index (χ0) is 13.8. The highest BCUT2D eigenvalue weighted by Crippen LogP contribution is 2.27. The summed E-state index contributed by atoms with van der Waals surface area (Å²) in [6.45, 7) is 2.12. The number of hydrogen-bond acceptors (Lipinski definition) is 3. The number of hydrogen-bond donors (Lipinski definition) is 3. The van der Waals surface area contributed by atoms with Crippen LogP contribution in [0, 0.1) is 0 Å². The van der Waals surface area contributed by atoms with Crippen molar-refractivity contribution < 1.29 is 15.3 Å². The molecule has 1 unspecified atom stereocenters. The predicted octanol–water partition coefficient (Wildman–Crippen LogP) is 2.72. The monoisotopic (exact) mass is 258 g/mol. The first-order valence-corrected chi connectivity index (χ1v) is 6.31. The lowest BCUT2D eigenvalue weighted by Crippen LogP contribution is -2.01. The normalized spacial score (nSPS) is 12.6. The van der Waals surface area contributed by atoms with Crippen molar-refractivity contribution in [1.82, 2.24) is 0 Å². The zero-order valence-electron chi connectivity index (χ0n) is 10.8. The van der Waals surface area contributed by atoms with Crippen molar-refractivity contribution in [2.75, 3.05) is 0 Å². The van der Waals surface area contributed by atoms with Gasteiger partial charge >= 0.3 is 0 Å². The molecule has 0 spiro atoms. The smallest absolute Gasteiger partial charge is 0.182 e. The van der Waals surface area contributed by atoms with Crippen molar-refractivity contribution in [3.63, 3.8) is 0 Å². The number of aliphatic hydroxyl groups is 2. The maximum atomic E-state index is 9.54. The topological polar surface area (TPSA) is 60.7 Å². The van der Waals surface area contributed by atoms with Gasteiger partial charge < -0.3 is 15.3 Å². The fraction of sp³-hybridized carbons (Fsp3) is 0.250. The van der Waals surface area contributed by atoms with Crippen LogP contribution in [0.5, 0.6) is 5.75 Å². The molecule has 0 bridgehead atoms. The Balaban J connectivity index is 2.18. The first kappa shape index (κ1) is 13.6. The van der Waals surface area contributed by atoms with Crippen LogP contribution < -0.4 is 0 Å². The molecule has 3 heteroatoms. The van der Waals surface area contributed by atoms with E-state index in [0.29, 0.717) is 5.92 Å². The average Bonchev–Trinajstić information content (AvgIpc) is 2.41. The lowest BCUT2D eigenvalue weighted by Gasteiger charge is -2.14. The van der Waals surface area contributed by atoms with Gasteiger partial charge in [0.2, 0.25) is 0 Å². The first-order valence-electron chi connectivity index (χ1n) is 6.31. The summed E-state index contributed by atoms with van der Waals surface area (Å²) in [5.74, 6) is 0.237. The number of benzene rings is 2. The largest absolute Gasteiger partial charge is 0.507 e. The Morgan fingerprint density at radius 3 is 2.32 bits per heavy atom. The van der Waals surface area contributed by atoms with Crippen molar-refractivity contribution in [2.45, 2.75) is 25.6 Å². The summed E-state index contributed by atoms with van der Waals surface area (Å²) in [5, 5.41) is 27.9. The van der Waals surface area contributed by atoms with E-state index < -0.39 is 6.29 Å². The molecule has 2 aromatic carbocycles. The van der Waals surface area contributed by atoms with E-state index in [1.807, 2.05) is 18.2 Å². The molecular formula is C16H18O3. The van der Waals surface area contributed by atoms with E-state index in [9.17, 15) is 15.3 Å². The maximum Gasteiger partial charge on any atom is 0.182 e. The summed E-state index contributed by atoms with van der Waals surface area (Å²) in [5.41, 5.74) is 2.36. The molecule has 2 rings (SSSR count). The van der Waals surface area contributed by atoms with Crippen LogP contribution in [0.25, 0.3) is 0 Å². The van der Waals surface area contributed by atoms with Gasteiger partial charge in [0, 0.05) is 5.56 Å². The van der Waals surface area contributed by atoms with Crippen LogP contribution in [0.4, 0.5) is 0 Å². The van der Waals surface area contributed by atoms with Crippen LogP contribution in [0.3, 0.4) is 0 Å². The molecule has 0 saturated heterocycles. The van der Waals surface area contributed by atoms with Crippen molar-refractivity contribution in [3.05, 3.63) is 65.2 Å². The third-order valence-corrected chi connectivity index (χ3v) is 3.28. The Morgan fingerprint density at radius 1 is 1.00 bits per heavy atom. The number of aliphatic hydroxyl groups excluding tert-OH is 1. The lowest BCUT2D eigenvalue weighted by atomic mass is 9.93. The molecule has 2 aromatic rings. The molecular weight excluding hydrogens is 240 g/mol. The fourth-order valence-corrected chi connectivity index (χ4v) is 2.19. The number of phenolic OH excluding ortho intramolecular Hbond substituents is 1. The molecule has 100 valence electrons. The van der Waals surface area contributed by atoms with Crippen molar-refractivity contribution in [2.24, 2.45) is 0 Å². The Morgan fingerprint density at radius 2 is 1.68 bits per heavy atom. The van der Waals surface area contributed by atoms with E-state index in [1.54, 1.807) is 12.1 Å². The number of aromatic hydroxyl groups is 1. The molecule has 3 nitrogen and oxygen atoms in total. The second-order valence-electron chi connectivity index (χ2n) is 4.78. The van der Waals surface area contributed by atoms with E-state index in [4.69, 9.17) is 0 Å². The van der Waals surface area contributed by atoms with Gasteiger partial charge in [-0.25, -0.2) is 0 Å². The van der Waals surface area contributed by atoms with E-state index in [0.717, 1.165) is 12.0 Å². The Kier molecular flexibility index (Phi) is 4.20. The molecule has 0 aliphatic heterocycles. The SMILES string of the molecule is CC(Cc1ccc(O)c(C(O)O)c1)c1ccccc1. The molecule has 0 aliphatic rings. The van der Waals surface area contributed by atoms with Gasteiger partial charge in [0.05, 0.1) is 0 Å². The van der Waals surface area contributed by atoms with Gasteiger partial charge in [-0.05, 0) is 35.6 Å². The summed E-state index contributed by atoms with van der Waals surface area (Å²) >= 11 is 0. The van der Waals surface area contributed by atoms with Gasteiger partial charge in [0.25, 0.3) is 0 Å². The van der Waals surface area contributed by atoms with Crippen molar-refractivity contribution in [1.29, 1.82) is 0 Å². The summed E-state index contributed by atoms with van der Waals surface area (Å²) in [6.07, 6.45) is -0.865. The van der Waals surface area contributed by atoms with Gasteiger partial charge in [-0.3, -0.25) is 0 Å². The van der Waals surface area contributed by atoms with Crippen molar-refractivity contribution >= 4 is 0 Å². The first-order chi connectivity index (χ1) is 9.08. The number of phenols is 1. The molecule has 1 atom stereocenters. The zero-order valence-corrected chi connectivity index (χ0v) is 10.8. The lowest BCUT2D eigenvalue weighted by molar-refractivity contribution is -0.0439. The molecule has 0 heterocycles. The number of rotatable bonds is 4. The Labute approximate surface area is 112 Å². The predicted molar refractivity (Wildman–Crippen MR) is 73.8 cm³/mol. The van der Waals surface area contributed by atoms with E-state index in [2.05, 4.69) is 19.1 Å². The summed E-state index contributed by atoms with van der Waals surface area (Å²) < 4.78 is 0. The van der Waals surface area contributed by atoms with E-state index in [1.165, 1.54) is 11.6 Å². The summed E-state index contributed by atoms with van der Waals surface area (Å²) in [7, 11) is 0.